The summed E-state index contributed by atoms with van der Waals surface area (Å²) in [6.45, 7) is 0.0578. The maximum Gasteiger partial charge on any atom is 0.294 e. The second-order valence-electron chi connectivity index (χ2n) is 5.63. The van der Waals surface area contributed by atoms with Crippen LogP contribution in [-0.2, 0) is 23.9 Å². The molecule has 3 fully saturated rings. The van der Waals surface area contributed by atoms with Gasteiger partial charge < -0.3 is 24.9 Å². The van der Waals surface area contributed by atoms with Crippen molar-refractivity contribution in [3.8, 4) is 0 Å². The van der Waals surface area contributed by atoms with Crippen LogP contribution in [0.25, 0.3) is 0 Å². The van der Waals surface area contributed by atoms with E-state index in [0.29, 0.717) is 5.75 Å². The summed E-state index contributed by atoms with van der Waals surface area (Å²) >= 11 is 1.62. The molecule has 0 bridgehead atoms. The zero-order valence-corrected chi connectivity index (χ0v) is 14.7. The zero-order valence-electron chi connectivity index (χ0n) is 13.0. The molecule has 25 heavy (non-hydrogen) atoms. The van der Waals surface area contributed by atoms with E-state index in [2.05, 4.69) is 20.8 Å². The van der Waals surface area contributed by atoms with Crippen molar-refractivity contribution in [1.29, 1.82) is 0 Å². The highest BCUT2D eigenvalue weighted by Crippen LogP contribution is 2.28. The topological polar surface area (TPSA) is 141 Å². The van der Waals surface area contributed by atoms with Gasteiger partial charge in [-0.3, -0.25) is 14.9 Å². The molecule has 0 aromatic heterocycles. The van der Waals surface area contributed by atoms with Crippen molar-refractivity contribution in [1.82, 2.24) is 16.0 Å². The molecule has 3 saturated heterocycles. The minimum atomic E-state index is -0.878. The van der Waals surface area contributed by atoms with E-state index in [-0.39, 0.29) is 50.0 Å². The summed E-state index contributed by atoms with van der Waals surface area (Å²) in [7, 11) is 0. The van der Waals surface area contributed by atoms with Gasteiger partial charge >= 0.3 is 0 Å². The lowest BCUT2D eigenvalue weighted by Gasteiger charge is -2.18. The van der Waals surface area contributed by atoms with Crippen LogP contribution in [0, 0.1) is 10.1 Å². The van der Waals surface area contributed by atoms with Gasteiger partial charge in [0, 0.05) is 11.6 Å². The molecular formula is C12H19ClN4O7S. The van der Waals surface area contributed by atoms with Gasteiger partial charge in [0.1, 0.15) is 12.2 Å². The van der Waals surface area contributed by atoms with E-state index in [1.165, 1.54) is 0 Å². The standard InChI is InChI=1S/C12H18N4O7S.ClH/c17-9(1-13-12(18)7-4-24-5-14-7)15-6-2-21-11-8(23-16(19)20)3-22-10(6)11;/h6-8,10-11,14H,1-5H2,(H,13,18)(H,15,17);1H/t6-,7?,8-,10+,11+;/m0./s1. The highest BCUT2D eigenvalue weighted by Gasteiger charge is 2.49. The summed E-state index contributed by atoms with van der Waals surface area (Å²) in [6, 6.07) is -0.708. The van der Waals surface area contributed by atoms with Crippen LogP contribution in [0.3, 0.4) is 0 Å². The number of nitrogens with zero attached hydrogens (tertiary/aromatic N) is 1. The Morgan fingerprint density at radius 3 is 2.76 bits per heavy atom. The summed E-state index contributed by atoms with van der Waals surface area (Å²) in [5.41, 5.74) is 0. The number of amides is 2. The fraction of sp³-hybridized carbons (Fsp3) is 0.833. The predicted octanol–water partition coefficient (Wildman–Crippen LogP) is -1.95. The largest absolute Gasteiger partial charge is 0.371 e. The fourth-order valence-electron chi connectivity index (χ4n) is 2.90. The zero-order chi connectivity index (χ0) is 17.1. The van der Waals surface area contributed by atoms with Gasteiger partial charge in [-0.15, -0.1) is 34.3 Å². The van der Waals surface area contributed by atoms with Crippen molar-refractivity contribution in [3.05, 3.63) is 10.1 Å². The maximum absolute atomic E-state index is 12.0. The Bertz CT molecular complexity index is 522. The van der Waals surface area contributed by atoms with Crippen LogP contribution in [0.15, 0.2) is 0 Å². The first-order valence-electron chi connectivity index (χ1n) is 7.47. The van der Waals surface area contributed by atoms with Gasteiger partial charge in [0.15, 0.2) is 6.10 Å². The Morgan fingerprint density at radius 2 is 2.08 bits per heavy atom. The summed E-state index contributed by atoms with van der Waals surface area (Å²) in [6.07, 6.45) is -1.88. The van der Waals surface area contributed by atoms with E-state index >= 15 is 0 Å². The lowest BCUT2D eigenvalue weighted by molar-refractivity contribution is -0.769. The lowest BCUT2D eigenvalue weighted by atomic mass is 10.1. The Hall–Kier alpha value is -1.34. The van der Waals surface area contributed by atoms with Gasteiger partial charge in [0.2, 0.25) is 11.8 Å². The number of fused-ring (bicyclic) bond motifs is 1. The van der Waals surface area contributed by atoms with Crippen molar-refractivity contribution in [2.45, 2.75) is 30.4 Å². The molecular weight excluding hydrogens is 380 g/mol. The first kappa shape index (κ1) is 20.0. The Morgan fingerprint density at radius 1 is 1.32 bits per heavy atom. The van der Waals surface area contributed by atoms with Gasteiger partial charge in [-0.1, -0.05) is 0 Å². The first-order valence-corrected chi connectivity index (χ1v) is 8.62. The molecule has 0 saturated carbocycles. The Kier molecular flexibility index (Phi) is 7.07. The third-order valence-electron chi connectivity index (χ3n) is 4.03. The minimum Gasteiger partial charge on any atom is -0.371 e. The van der Waals surface area contributed by atoms with Gasteiger partial charge in [0.05, 0.1) is 31.8 Å². The molecule has 0 spiro atoms. The number of hydrogen-bond donors (Lipinski definition) is 3. The second kappa shape index (κ2) is 8.85. The average molecular weight is 399 g/mol. The lowest BCUT2D eigenvalue weighted by Crippen LogP contribution is -2.50. The van der Waals surface area contributed by atoms with E-state index < -0.39 is 29.4 Å². The van der Waals surface area contributed by atoms with Gasteiger partial charge in [-0.2, -0.15) is 0 Å². The summed E-state index contributed by atoms with van der Waals surface area (Å²) in [5, 5.41) is 17.8. The highest BCUT2D eigenvalue weighted by atomic mass is 35.5. The van der Waals surface area contributed by atoms with E-state index in [9.17, 15) is 19.7 Å². The van der Waals surface area contributed by atoms with Gasteiger partial charge in [-0.05, 0) is 0 Å². The van der Waals surface area contributed by atoms with Crippen molar-refractivity contribution in [3.63, 3.8) is 0 Å². The molecule has 11 nitrogen and oxygen atoms in total. The van der Waals surface area contributed by atoms with Crippen LogP contribution in [0.2, 0.25) is 0 Å². The van der Waals surface area contributed by atoms with Crippen molar-refractivity contribution >= 4 is 36.0 Å². The second-order valence-corrected chi connectivity index (χ2v) is 6.66. The van der Waals surface area contributed by atoms with Crippen LogP contribution < -0.4 is 16.0 Å². The summed E-state index contributed by atoms with van der Waals surface area (Å²) < 4.78 is 10.9. The quantitative estimate of drug-likeness (QED) is 0.343. The molecule has 3 N–H and O–H groups in total. The smallest absolute Gasteiger partial charge is 0.294 e. The number of hydrogen-bond acceptors (Lipinski definition) is 9. The third-order valence-corrected chi connectivity index (χ3v) is 4.97. The predicted molar refractivity (Wildman–Crippen MR) is 87.8 cm³/mol. The maximum atomic E-state index is 12.0. The summed E-state index contributed by atoms with van der Waals surface area (Å²) in [4.78, 5) is 38.7. The molecule has 1 unspecified atom stereocenters. The van der Waals surface area contributed by atoms with E-state index in [1.807, 2.05) is 0 Å². The molecule has 13 heteroatoms. The Labute approximate surface area is 153 Å². The molecule has 0 radical (unpaired) electrons. The monoisotopic (exact) mass is 398 g/mol. The molecule has 142 valence electrons. The molecule has 0 aromatic carbocycles. The Balaban J connectivity index is 0.00000225. The van der Waals surface area contributed by atoms with Gasteiger partial charge in [-0.25, -0.2) is 0 Å². The molecule has 2 amide bonds. The number of carbonyl (C=O) groups is 2. The van der Waals surface area contributed by atoms with Crippen LogP contribution >= 0.6 is 24.2 Å². The molecule has 3 heterocycles. The van der Waals surface area contributed by atoms with Crippen LogP contribution in [0.1, 0.15) is 0 Å². The highest BCUT2D eigenvalue weighted by molar-refractivity contribution is 7.99. The number of rotatable bonds is 6. The number of carbonyl (C=O) groups excluding carboxylic acids is 2. The SMILES string of the molecule is Cl.O=C(CNC(=O)C1CSCN1)N[C@H]1CO[C@H]2[C@@H]1OC[C@@H]2O[N+](=O)[O-]. The first-order chi connectivity index (χ1) is 11.5. The van der Waals surface area contributed by atoms with Gasteiger partial charge in [0.25, 0.3) is 5.09 Å². The normalized spacial score (nSPS) is 33.2. The van der Waals surface area contributed by atoms with Crippen molar-refractivity contribution < 1.29 is 29.0 Å². The number of ether oxygens (including phenoxy) is 2. The number of halogens is 1. The molecule has 0 aliphatic carbocycles. The molecule has 3 aliphatic rings. The van der Waals surface area contributed by atoms with E-state index in [4.69, 9.17) is 9.47 Å². The average Bonchev–Trinajstić information content (AvgIpc) is 3.25. The van der Waals surface area contributed by atoms with Crippen molar-refractivity contribution in [2.24, 2.45) is 0 Å². The summed E-state index contributed by atoms with van der Waals surface area (Å²) in [5.74, 6) is 0.814. The molecule has 3 rings (SSSR count). The fourth-order valence-corrected chi connectivity index (χ4v) is 3.84. The molecule has 5 atom stereocenters. The molecule has 3 aliphatic heterocycles. The van der Waals surface area contributed by atoms with Crippen LogP contribution in [0.5, 0.6) is 0 Å². The van der Waals surface area contributed by atoms with E-state index in [0.717, 1.165) is 5.88 Å². The minimum absolute atomic E-state index is 0. The van der Waals surface area contributed by atoms with E-state index in [1.54, 1.807) is 11.8 Å². The van der Waals surface area contributed by atoms with Crippen LogP contribution in [-0.4, -0.2) is 78.7 Å². The molecule has 0 aromatic rings. The van der Waals surface area contributed by atoms with Crippen LogP contribution in [0.4, 0.5) is 0 Å². The number of thioether (sulfide) groups is 1. The third kappa shape index (κ3) is 4.85. The number of nitrogens with one attached hydrogen (secondary N) is 3. The van der Waals surface area contributed by atoms with Crippen molar-refractivity contribution in [2.75, 3.05) is 31.4 Å².